The number of carbonyl (C=O) groups is 1. The molecule has 0 saturated carbocycles. The molecule has 2 aromatic rings. The average Bonchev–Trinajstić information content (AvgIpc) is 2.70. The predicted octanol–water partition coefficient (Wildman–Crippen LogP) is 3.14. The minimum absolute atomic E-state index is 0.177. The highest BCUT2D eigenvalue weighted by molar-refractivity contribution is 6.32. The van der Waals surface area contributed by atoms with Crippen molar-refractivity contribution in [1.29, 1.82) is 5.26 Å². The SMILES string of the molecule is COc1cc(NC(=O)Cc2ccc(C3=CCN(C#N)CC3C)nc2)ncc1Cl. The van der Waals surface area contributed by atoms with E-state index in [1.807, 2.05) is 18.2 Å². The summed E-state index contributed by atoms with van der Waals surface area (Å²) < 4.78 is 5.12. The number of anilines is 1. The van der Waals surface area contributed by atoms with Gasteiger partial charge in [0.15, 0.2) is 6.19 Å². The molecule has 2 aromatic heterocycles. The van der Waals surface area contributed by atoms with Crippen LogP contribution in [0.5, 0.6) is 5.75 Å². The number of hydrogen-bond donors (Lipinski definition) is 1. The largest absolute Gasteiger partial charge is 0.495 e. The van der Waals surface area contributed by atoms with Crippen LogP contribution in [0.2, 0.25) is 5.02 Å². The third kappa shape index (κ3) is 4.59. The Morgan fingerprint density at radius 3 is 2.89 bits per heavy atom. The maximum Gasteiger partial charge on any atom is 0.230 e. The van der Waals surface area contributed by atoms with Gasteiger partial charge in [-0.25, -0.2) is 4.98 Å². The van der Waals surface area contributed by atoms with Gasteiger partial charge in [-0.15, -0.1) is 0 Å². The Labute approximate surface area is 168 Å². The molecule has 0 saturated heterocycles. The molecule has 0 bridgehead atoms. The topological polar surface area (TPSA) is 91.1 Å². The molecular formula is C20H20ClN5O2. The van der Waals surface area contributed by atoms with Gasteiger partial charge in [-0.1, -0.05) is 30.7 Å². The molecule has 1 N–H and O–H groups in total. The monoisotopic (exact) mass is 397 g/mol. The first kappa shape index (κ1) is 19.6. The molecule has 0 fully saturated rings. The fourth-order valence-corrected chi connectivity index (χ4v) is 3.25. The van der Waals surface area contributed by atoms with Crippen LogP contribution in [0.25, 0.3) is 5.57 Å². The molecule has 1 atom stereocenters. The molecule has 0 aromatic carbocycles. The van der Waals surface area contributed by atoms with Crippen LogP contribution < -0.4 is 10.1 Å². The molecule has 1 unspecified atom stereocenters. The van der Waals surface area contributed by atoms with Gasteiger partial charge in [-0.2, -0.15) is 5.26 Å². The number of carbonyl (C=O) groups excluding carboxylic acids is 1. The number of nitriles is 1. The summed E-state index contributed by atoms with van der Waals surface area (Å²) in [5.41, 5.74) is 2.79. The number of methoxy groups -OCH3 is 1. The summed E-state index contributed by atoms with van der Waals surface area (Å²) >= 11 is 5.94. The number of rotatable bonds is 5. The Hall–Kier alpha value is -3.11. The lowest BCUT2D eigenvalue weighted by molar-refractivity contribution is -0.115. The summed E-state index contributed by atoms with van der Waals surface area (Å²) in [6.07, 6.45) is 7.51. The van der Waals surface area contributed by atoms with Crippen LogP contribution in [-0.4, -0.2) is 41.0 Å². The van der Waals surface area contributed by atoms with Crippen molar-refractivity contribution in [2.24, 2.45) is 5.92 Å². The van der Waals surface area contributed by atoms with E-state index in [2.05, 4.69) is 28.4 Å². The van der Waals surface area contributed by atoms with E-state index in [0.29, 0.717) is 29.7 Å². The lowest BCUT2D eigenvalue weighted by Gasteiger charge is -2.26. The summed E-state index contributed by atoms with van der Waals surface area (Å²) in [7, 11) is 1.50. The lowest BCUT2D eigenvalue weighted by atomic mass is 9.93. The van der Waals surface area contributed by atoms with E-state index in [0.717, 1.165) is 16.8 Å². The first-order valence-electron chi connectivity index (χ1n) is 8.79. The van der Waals surface area contributed by atoms with Crippen LogP contribution in [0, 0.1) is 17.4 Å². The van der Waals surface area contributed by atoms with Crippen LogP contribution in [0.15, 0.2) is 36.7 Å². The molecule has 7 nitrogen and oxygen atoms in total. The number of halogens is 1. The number of pyridine rings is 2. The van der Waals surface area contributed by atoms with Gasteiger partial charge in [0.05, 0.1) is 25.4 Å². The highest BCUT2D eigenvalue weighted by Gasteiger charge is 2.20. The standard InChI is InChI=1S/C20H20ClN5O2/c1-13-11-26(12-22)6-5-15(13)17-4-3-14(9-23-17)7-20(27)25-19-8-18(28-2)16(21)10-24-19/h3-5,8-10,13H,6-7,11H2,1-2H3,(H,24,25,27). The van der Waals surface area contributed by atoms with Crippen LogP contribution in [-0.2, 0) is 11.2 Å². The third-order valence-corrected chi connectivity index (χ3v) is 4.77. The summed E-state index contributed by atoms with van der Waals surface area (Å²) in [5, 5.41) is 12.1. The summed E-state index contributed by atoms with van der Waals surface area (Å²) in [6, 6.07) is 5.38. The summed E-state index contributed by atoms with van der Waals surface area (Å²) in [5.74, 6) is 0.837. The van der Waals surface area contributed by atoms with Crippen LogP contribution in [0.4, 0.5) is 5.82 Å². The average molecular weight is 398 g/mol. The van der Waals surface area contributed by atoms with Crippen LogP contribution in [0.1, 0.15) is 18.2 Å². The van der Waals surface area contributed by atoms with E-state index in [-0.39, 0.29) is 18.2 Å². The number of amides is 1. The molecule has 0 aliphatic carbocycles. The molecule has 8 heteroatoms. The number of ether oxygens (including phenoxy) is 1. The number of aromatic nitrogens is 2. The molecule has 1 amide bonds. The van der Waals surface area contributed by atoms with Gasteiger partial charge in [0, 0.05) is 31.3 Å². The van der Waals surface area contributed by atoms with E-state index in [1.54, 1.807) is 17.2 Å². The van der Waals surface area contributed by atoms with Gasteiger partial charge in [0.1, 0.15) is 16.6 Å². The molecular weight excluding hydrogens is 378 g/mol. The van der Waals surface area contributed by atoms with Crippen molar-refractivity contribution in [1.82, 2.24) is 14.9 Å². The highest BCUT2D eigenvalue weighted by Crippen LogP contribution is 2.27. The van der Waals surface area contributed by atoms with E-state index >= 15 is 0 Å². The summed E-state index contributed by atoms with van der Waals surface area (Å²) in [4.78, 5) is 22.6. The first-order valence-corrected chi connectivity index (χ1v) is 9.17. The van der Waals surface area contributed by atoms with E-state index in [9.17, 15) is 4.79 Å². The Balaban J connectivity index is 1.64. The first-order chi connectivity index (χ1) is 13.5. The van der Waals surface area contributed by atoms with Gasteiger partial charge in [0.25, 0.3) is 0 Å². The van der Waals surface area contributed by atoms with Gasteiger partial charge >= 0.3 is 0 Å². The zero-order chi connectivity index (χ0) is 20.1. The molecule has 28 heavy (non-hydrogen) atoms. The third-order valence-electron chi connectivity index (χ3n) is 4.49. The van der Waals surface area contributed by atoms with Crippen molar-refractivity contribution in [2.45, 2.75) is 13.3 Å². The maximum atomic E-state index is 12.3. The highest BCUT2D eigenvalue weighted by atomic mass is 35.5. The Kier molecular flexibility index (Phi) is 6.12. The Morgan fingerprint density at radius 2 is 2.25 bits per heavy atom. The summed E-state index contributed by atoms with van der Waals surface area (Å²) in [6.45, 7) is 3.36. The zero-order valence-electron chi connectivity index (χ0n) is 15.6. The van der Waals surface area contributed by atoms with Gasteiger partial charge in [-0.3, -0.25) is 9.78 Å². The lowest BCUT2D eigenvalue weighted by Crippen LogP contribution is -2.29. The van der Waals surface area contributed by atoms with Gasteiger partial charge in [-0.05, 0) is 17.2 Å². The van der Waals surface area contributed by atoms with Crippen molar-refractivity contribution < 1.29 is 9.53 Å². The molecule has 3 heterocycles. The fourth-order valence-electron chi connectivity index (χ4n) is 3.07. The molecule has 0 spiro atoms. The second-order valence-electron chi connectivity index (χ2n) is 6.55. The van der Waals surface area contributed by atoms with Crippen molar-refractivity contribution in [3.63, 3.8) is 0 Å². The Morgan fingerprint density at radius 1 is 1.43 bits per heavy atom. The van der Waals surface area contributed by atoms with Crippen molar-refractivity contribution >= 4 is 28.9 Å². The van der Waals surface area contributed by atoms with Crippen molar-refractivity contribution in [3.05, 3.63) is 52.9 Å². The molecule has 1 aliphatic rings. The fraction of sp³-hybridized carbons (Fsp3) is 0.300. The zero-order valence-corrected chi connectivity index (χ0v) is 16.4. The number of hydrogen-bond acceptors (Lipinski definition) is 6. The predicted molar refractivity (Wildman–Crippen MR) is 107 cm³/mol. The maximum absolute atomic E-state index is 12.3. The van der Waals surface area contributed by atoms with E-state index < -0.39 is 0 Å². The van der Waals surface area contributed by atoms with Crippen LogP contribution >= 0.6 is 11.6 Å². The quantitative estimate of drug-likeness (QED) is 0.779. The van der Waals surface area contributed by atoms with Crippen molar-refractivity contribution in [2.75, 3.05) is 25.5 Å². The number of nitrogens with one attached hydrogen (secondary N) is 1. The second kappa shape index (κ2) is 8.72. The van der Waals surface area contributed by atoms with Gasteiger partial charge in [0.2, 0.25) is 5.91 Å². The smallest absolute Gasteiger partial charge is 0.230 e. The normalized spacial score (nSPS) is 16.1. The molecule has 3 rings (SSSR count). The van der Waals surface area contributed by atoms with Gasteiger partial charge < -0.3 is 15.0 Å². The van der Waals surface area contributed by atoms with E-state index in [1.165, 1.54) is 13.3 Å². The van der Waals surface area contributed by atoms with E-state index in [4.69, 9.17) is 21.6 Å². The molecule has 1 aliphatic heterocycles. The minimum Gasteiger partial charge on any atom is -0.495 e. The second-order valence-corrected chi connectivity index (χ2v) is 6.95. The van der Waals surface area contributed by atoms with Crippen molar-refractivity contribution in [3.8, 4) is 11.9 Å². The number of nitrogens with zero attached hydrogens (tertiary/aromatic N) is 4. The van der Waals surface area contributed by atoms with Crippen LogP contribution in [0.3, 0.4) is 0 Å². The molecule has 144 valence electrons. The molecule has 0 radical (unpaired) electrons. The Bertz CT molecular complexity index is 937. The minimum atomic E-state index is -0.207.